The van der Waals surface area contributed by atoms with Crippen LogP contribution in [0.2, 0.25) is 0 Å². The Morgan fingerprint density at radius 2 is 1.43 bits per heavy atom. The van der Waals surface area contributed by atoms with E-state index in [9.17, 15) is 31.9 Å². The number of rotatable bonds is 16. The van der Waals surface area contributed by atoms with Gasteiger partial charge in [-0.25, -0.2) is 8.42 Å². The predicted molar refractivity (Wildman–Crippen MR) is 184 cm³/mol. The molecule has 0 fully saturated rings. The highest BCUT2D eigenvalue weighted by atomic mass is 32.2. The molecule has 0 aliphatic rings. The lowest BCUT2D eigenvalue weighted by Crippen LogP contribution is -2.48. The summed E-state index contributed by atoms with van der Waals surface area (Å²) in [4.78, 5) is 27.2. The van der Waals surface area contributed by atoms with Gasteiger partial charge in [-0.2, -0.15) is 8.78 Å². The number of halogens is 2. The fraction of sp³-hybridized carbons (Fsp3) is 0.278. The molecule has 4 rings (SSSR count). The van der Waals surface area contributed by atoms with Crippen molar-refractivity contribution in [2.24, 2.45) is 0 Å². The van der Waals surface area contributed by atoms with E-state index in [1.807, 2.05) is 67.6 Å². The van der Waals surface area contributed by atoms with Gasteiger partial charge < -0.3 is 25.8 Å². The number of nitrogens with one attached hydrogen (secondary N) is 3. The molecule has 0 aliphatic heterocycles. The molecule has 0 saturated heterocycles. The molecule has 13 heteroatoms. The topological polar surface area (TPSA) is 137 Å². The summed E-state index contributed by atoms with van der Waals surface area (Å²) in [6.45, 7) is -0.892. The minimum atomic E-state index is -3.75. The third-order valence-electron chi connectivity index (χ3n) is 7.84. The molecule has 0 heterocycles. The van der Waals surface area contributed by atoms with E-state index < -0.39 is 40.6 Å². The molecule has 0 aliphatic carbocycles. The van der Waals surface area contributed by atoms with Gasteiger partial charge in [-0.05, 0) is 60.4 Å². The van der Waals surface area contributed by atoms with Crippen LogP contribution in [0.5, 0.6) is 5.75 Å². The number of anilines is 1. The highest BCUT2D eigenvalue weighted by Crippen LogP contribution is 2.23. The van der Waals surface area contributed by atoms with Crippen molar-refractivity contribution in [1.29, 1.82) is 0 Å². The smallest absolute Gasteiger partial charge is 0.387 e. The molecule has 0 saturated carbocycles. The van der Waals surface area contributed by atoms with Crippen LogP contribution in [0.3, 0.4) is 0 Å². The van der Waals surface area contributed by atoms with Crippen molar-refractivity contribution in [3.63, 3.8) is 0 Å². The zero-order valence-corrected chi connectivity index (χ0v) is 28.2. The van der Waals surface area contributed by atoms with E-state index in [4.69, 9.17) is 0 Å². The number of carbonyl (C=O) groups excluding carboxylic acids is 2. The largest absolute Gasteiger partial charge is 0.435 e. The number of ether oxygens (including phenoxy) is 1. The molecule has 260 valence electrons. The summed E-state index contributed by atoms with van der Waals surface area (Å²) in [5.74, 6) is -1.14. The summed E-state index contributed by atoms with van der Waals surface area (Å²) in [6, 6.07) is 27.6. The number of hydrogen-bond donors (Lipinski definition) is 4. The number of alkyl halides is 2. The van der Waals surface area contributed by atoms with Crippen molar-refractivity contribution < 1.29 is 36.6 Å². The van der Waals surface area contributed by atoms with Crippen LogP contribution in [0.25, 0.3) is 0 Å². The third kappa shape index (κ3) is 11.1. The van der Waals surface area contributed by atoms with Crippen molar-refractivity contribution >= 4 is 27.5 Å². The monoisotopic (exact) mass is 694 g/mol. The fourth-order valence-electron chi connectivity index (χ4n) is 5.09. The normalized spacial score (nSPS) is 13.3. The van der Waals surface area contributed by atoms with E-state index >= 15 is 0 Å². The van der Waals surface area contributed by atoms with Crippen LogP contribution >= 0.6 is 0 Å². The minimum absolute atomic E-state index is 0.00962. The average Bonchev–Trinajstić information content (AvgIpc) is 3.07. The van der Waals surface area contributed by atoms with Gasteiger partial charge in [0.05, 0.1) is 30.1 Å². The second-order valence-electron chi connectivity index (χ2n) is 11.6. The summed E-state index contributed by atoms with van der Waals surface area (Å²) in [7, 11) is -2.43. The van der Waals surface area contributed by atoms with Crippen molar-refractivity contribution in [2.45, 2.75) is 44.7 Å². The number of nitrogens with zero attached hydrogens (tertiary/aromatic N) is 1. The Labute approximate surface area is 285 Å². The van der Waals surface area contributed by atoms with Crippen LogP contribution in [0.4, 0.5) is 14.5 Å². The Hall–Kier alpha value is -4.85. The Bertz CT molecular complexity index is 1810. The third-order valence-corrected chi connectivity index (χ3v) is 9.04. The van der Waals surface area contributed by atoms with E-state index in [0.29, 0.717) is 5.56 Å². The molecule has 0 radical (unpaired) electrons. The number of benzene rings is 4. The molecule has 4 aromatic carbocycles. The van der Waals surface area contributed by atoms with Gasteiger partial charge in [0.1, 0.15) is 5.75 Å². The van der Waals surface area contributed by atoms with Gasteiger partial charge in [0.2, 0.25) is 10.0 Å². The van der Waals surface area contributed by atoms with Crippen molar-refractivity contribution in [3.8, 4) is 5.75 Å². The standard InChI is InChI=1S/C36H40F2N4O6S/c1-24(27-14-8-5-9-15-27)40-34(44)28-19-29(21-30(20-28)42(2)49(3,46)47)35(45)41-32(18-25-11-6-4-7-12-25)33(43)23-39-22-26-13-10-16-31(17-26)48-36(37)38/h4-17,19-21,24,32-33,36,39,43H,18,22-23H2,1-3H3,(H,40,44)(H,41,45). The molecular formula is C36H40F2N4O6S. The van der Waals surface area contributed by atoms with Gasteiger partial charge in [-0.3, -0.25) is 13.9 Å². The highest BCUT2D eigenvalue weighted by molar-refractivity contribution is 7.92. The SMILES string of the molecule is CC(NC(=O)c1cc(C(=O)NC(Cc2ccccc2)C(O)CNCc2cccc(OC(F)F)c2)cc(N(C)S(C)(=O)=O)c1)c1ccccc1. The van der Waals surface area contributed by atoms with E-state index in [2.05, 4.69) is 20.7 Å². The minimum Gasteiger partial charge on any atom is -0.435 e. The maximum Gasteiger partial charge on any atom is 0.387 e. The molecule has 49 heavy (non-hydrogen) atoms. The van der Waals surface area contributed by atoms with Gasteiger partial charge in [-0.1, -0.05) is 72.8 Å². The van der Waals surface area contributed by atoms with Gasteiger partial charge >= 0.3 is 6.61 Å². The number of amides is 2. The number of hydrogen-bond acceptors (Lipinski definition) is 7. The van der Waals surface area contributed by atoms with Crippen LogP contribution in [0.15, 0.2) is 103 Å². The summed E-state index contributed by atoms with van der Waals surface area (Å²) < 4.78 is 55.6. The van der Waals surface area contributed by atoms with E-state index in [1.54, 1.807) is 12.1 Å². The number of carbonyl (C=O) groups is 2. The molecule has 2 amide bonds. The number of aliphatic hydroxyl groups is 1. The lowest BCUT2D eigenvalue weighted by molar-refractivity contribution is -0.0498. The summed E-state index contributed by atoms with van der Waals surface area (Å²) in [5.41, 5.74) is 2.53. The Morgan fingerprint density at radius 3 is 2.04 bits per heavy atom. The zero-order chi connectivity index (χ0) is 35.6. The molecule has 10 nitrogen and oxygen atoms in total. The van der Waals surface area contributed by atoms with Gasteiger partial charge in [0.25, 0.3) is 11.8 Å². The van der Waals surface area contributed by atoms with Crippen LogP contribution in [-0.2, 0) is 23.0 Å². The average molecular weight is 695 g/mol. The Balaban J connectivity index is 1.56. The molecule has 4 N–H and O–H groups in total. The van der Waals surface area contributed by atoms with Crippen LogP contribution in [0, 0.1) is 0 Å². The van der Waals surface area contributed by atoms with E-state index in [-0.39, 0.29) is 48.1 Å². The first-order valence-corrected chi connectivity index (χ1v) is 17.4. The lowest BCUT2D eigenvalue weighted by atomic mass is 10.00. The Kier molecular flexibility index (Phi) is 12.8. The van der Waals surface area contributed by atoms with Crippen molar-refractivity contribution in [1.82, 2.24) is 16.0 Å². The summed E-state index contributed by atoms with van der Waals surface area (Å²) in [5, 5.41) is 20.1. The molecule has 4 aromatic rings. The maximum atomic E-state index is 13.8. The van der Waals surface area contributed by atoms with Crippen LogP contribution in [0.1, 0.15) is 50.4 Å². The van der Waals surface area contributed by atoms with Gasteiger partial charge in [-0.15, -0.1) is 0 Å². The molecular weight excluding hydrogens is 654 g/mol. The first kappa shape index (κ1) is 37.0. The first-order chi connectivity index (χ1) is 23.3. The molecule has 3 unspecified atom stereocenters. The summed E-state index contributed by atoms with van der Waals surface area (Å²) >= 11 is 0. The quantitative estimate of drug-likeness (QED) is 0.134. The van der Waals surface area contributed by atoms with Crippen LogP contribution in [-0.4, -0.2) is 63.9 Å². The second-order valence-corrected chi connectivity index (χ2v) is 13.6. The maximum absolute atomic E-state index is 13.8. The fourth-order valence-corrected chi connectivity index (χ4v) is 5.58. The number of sulfonamides is 1. The number of aliphatic hydroxyl groups excluding tert-OH is 1. The van der Waals surface area contributed by atoms with Crippen molar-refractivity contribution in [3.05, 3.63) is 131 Å². The zero-order valence-electron chi connectivity index (χ0n) is 27.3. The summed E-state index contributed by atoms with van der Waals surface area (Å²) in [6.07, 6.45) is 0.150. The molecule has 0 spiro atoms. The van der Waals surface area contributed by atoms with Crippen LogP contribution < -0.4 is 25.0 Å². The molecule has 3 atom stereocenters. The van der Waals surface area contributed by atoms with E-state index in [1.165, 1.54) is 37.4 Å². The molecule has 0 bridgehead atoms. The van der Waals surface area contributed by atoms with Gasteiger partial charge in [0.15, 0.2) is 0 Å². The highest BCUT2D eigenvalue weighted by Gasteiger charge is 2.25. The van der Waals surface area contributed by atoms with Gasteiger partial charge in [0, 0.05) is 31.3 Å². The molecule has 0 aromatic heterocycles. The second kappa shape index (κ2) is 17.0. The Morgan fingerprint density at radius 1 is 0.837 bits per heavy atom. The van der Waals surface area contributed by atoms with E-state index in [0.717, 1.165) is 21.7 Å². The first-order valence-electron chi connectivity index (χ1n) is 15.5. The predicted octanol–water partition coefficient (Wildman–Crippen LogP) is 4.67. The van der Waals surface area contributed by atoms with Crippen molar-refractivity contribution in [2.75, 3.05) is 24.2 Å². The lowest BCUT2D eigenvalue weighted by Gasteiger charge is -2.26.